The SMILES string of the molecule is CC1(C)OB(c2ccc(S(=O)(=O)CC3CCC4(CC3)OCCO4)cc2)OC1(C)C.N#Cc1ccc(Br)c(Cl)c1.O=C1CCC(CS(=O)(=O)c2ccc(-c3ccc(Cl)cc3Cl)cc2)CC1.O=S(=O)(CC1CCC2(CC1)OCCO2)c1ccc(-c2ccc(Cl)cc2Cl)cc1. The minimum atomic E-state index is -3.36. The monoisotopic (exact) mass is 1470 g/mol. The first-order chi connectivity index (χ1) is 43.5. The highest BCUT2D eigenvalue weighted by Gasteiger charge is 2.52. The molecule has 14 nitrogen and oxygen atoms in total. The van der Waals surface area contributed by atoms with E-state index in [-0.39, 0.29) is 40.8 Å². The highest BCUT2D eigenvalue weighted by atomic mass is 79.9. The van der Waals surface area contributed by atoms with Crippen molar-refractivity contribution in [3.05, 3.63) is 163 Å². The Bertz CT molecular complexity index is 3930. The number of hydrogen-bond acceptors (Lipinski definition) is 14. The van der Waals surface area contributed by atoms with E-state index >= 15 is 0 Å². The zero-order valence-electron chi connectivity index (χ0n) is 51.6. The van der Waals surface area contributed by atoms with E-state index < -0.39 is 59.4 Å². The summed E-state index contributed by atoms with van der Waals surface area (Å²) in [6, 6.07) is 38.1. The maximum atomic E-state index is 12.9. The van der Waals surface area contributed by atoms with Crippen LogP contribution in [-0.4, -0.2) is 105 Å². The van der Waals surface area contributed by atoms with Gasteiger partial charge in [-0.3, -0.25) is 4.79 Å². The number of halogens is 6. The van der Waals surface area contributed by atoms with Gasteiger partial charge in [0, 0.05) is 74.2 Å². The van der Waals surface area contributed by atoms with Crippen LogP contribution in [0, 0.1) is 29.1 Å². The van der Waals surface area contributed by atoms with E-state index in [9.17, 15) is 30.0 Å². The average Bonchev–Trinajstić information content (AvgIpc) is 1.58. The van der Waals surface area contributed by atoms with E-state index in [0.29, 0.717) is 97.5 Å². The lowest BCUT2D eigenvalue weighted by atomic mass is 9.79. The summed E-state index contributed by atoms with van der Waals surface area (Å²) in [5.74, 6) is 0.0791. The Morgan fingerprint density at radius 2 is 0.848 bits per heavy atom. The van der Waals surface area contributed by atoms with Crippen LogP contribution in [0.4, 0.5) is 0 Å². The number of Topliss-reactive ketones (excluding diaryl/α,β-unsaturated/α-hetero) is 1. The Balaban J connectivity index is 0.000000152. The molecule has 0 radical (unpaired) electrons. The first-order valence-electron chi connectivity index (χ1n) is 30.7. The molecule has 6 aromatic carbocycles. The molecule has 6 aromatic rings. The summed E-state index contributed by atoms with van der Waals surface area (Å²) in [5, 5.41) is 11.2. The van der Waals surface area contributed by atoms with Crippen molar-refractivity contribution in [2.24, 2.45) is 17.8 Å². The maximum absolute atomic E-state index is 12.9. The van der Waals surface area contributed by atoms with Gasteiger partial charge < -0.3 is 28.3 Å². The molecule has 6 aliphatic rings. The summed E-state index contributed by atoms with van der Waals surface area (Å²) in [4.78, 5) is 12.3. The quantitative estimate of drug-likeness (QED) is 0.105. The Labute approximate surface area is 575 Å². The number of benzene rings is 6. The molecule has 0 atom stereocenters. The van der Waals surface area contributed by atoms with Crippen LogP contribution in [0.2, 0.25) is 25.1 Å². The highest BCUT2D eigenvalue weighted by Crippen LogP contribution is 2.42. The van der Waals surface area contributed by atoms with Gasteiger partial charge in [0.1, 0.15) is 5.78 Å². The van der Waals surface area contributed by atoms with Crippen LogP contribution in [-0.2, 0) is 62.6 Å². The Morgan fingerprint density at radius 1 is 0.489 bits per heavy atom. The van der Waals surface area contributed by atoms with Gasteiger partial charge in [0.15, 0.2) is 41.1 Å². The topological polar surface area (TPSA) is 199 Å². The number of nitriles is 1. The zero-order chi connectivity index (χ0) is 66.3. The number of nitrogens with zero attached hydrogens (tertiary/aromatic N) is 1. The minimum Gasteiger partial charge on any atom is -0.399 e. The van der Waals surface area contributed by atoms with Crippen LogP contribution < -0.4 is 5.46 Å². The third-order valence-electron chi connectivity index (χ3n) is 18.1. The molecular weight excluding hydrogens is 1400 g/mol. The summed E-state index contributed by atoms with van der Waals surface area (Å²) in [6.45, 7) is 10.5. The molecule has 492 valence electrons. The van der Waals surface area contributed by atoms with E-state index in [0.717, 1.165) is 83.6 Å². The van der Waals surface area contributed by atoms with Crippen LogP contribution in [0.3, 0.4) is 0 Å². The molecule has 6 fully saturated rings. The van der Waals surface area contributed by atoms with E-state index in [1.165, 1.54) is 0 Å². The van der Waals surface area contributed by atoms with Crippen molar-refractivity contribution in [1.82, 2.24) is 0 Å². The number of carbonyl (C=O) groups excluding carboxylic acids is 1. The highest BCUT2D eigenvalue weighted by molar-refractivity contribution is 9.10. The predicted octanol–water partition coefficient (Wildman–Crippen LogP) is 16.2. The average molecular weight is 1480 g/mol. The van der Waals surface area contributed by atoms with Crippen LogP contribution in [0.25, 0.3) is 22.3 Å². The van der Waals surface area contributed by atoms with Crippen molar-refractivity contribution >= 4 is 122 Å². The van der Waals surface area contributed by atoms with Crippen molar-refractivity contribution < 1.29 is 58.3 Å². The lowest BCUT2D eigenvalue weighted by Gasteiger charge is -2.35. The Morgan fingerprint density at radius 3 is 1.20 bits per heavy atom. The first kappa shape index (κ1) is 72.4. The lowest BCUT2D eigenvalue weighted by Crippen LogP contribution is -2.41. The molecule has 92 heavy (non-hydrogen) atoms. The van der Waals surface area contributed by atoms with Crippen LogP contribution in [0.5, 0.6) is 0 Å². The molecule has 3 saturated heterocycles. The molecule has 3 heterocycles. The molecule has 2 spiro atoms. The van der Waals surface area contributed by atoms with Crippen molar-refractivity contribution in [2.45, 2.75) is 142 Å². The first-order valence-corrected chi connectivity index (χ1v) is 38.3. The van der Waals surface area contributed by atoms with Gasteiger partial charge in [0.05, 0.1) is 86.2 Å². The standard InChI is InChI=1S/C21H31BO6S.C21H22Cl2O4S.C19H18Cl2O3S.C7H3BrClN/c1-19(2)20(3,4)28-22(27-19)17-5-7-18(8-6-17)29(23,24)15-16-9-11-21(12-10-16)25-13-14-26-21;22-17-3-6-19(20(23)13-17)16-1-4-18(5-2-16)28(24,25)14-15-7-9-21(10-8-15)26-11-12-27-21;20-15-5-10-18(19(21)11-15)14-3-8-17(9-4-14)25(23,24)12-13-1-6-16(22)7-2-13;8-6-2-1-5(4-10)3-7(6)9/h5-8,16H,9-15H2,1-4H3;1-6,13,15H,7-12,14H2;3-5,8-11,13H,1-2,6-7,12H2;1-3H. The van der Waals surface area contributed by atoms with Crippen molar-refractivity contribution in [3.63, 3.8) is 0 Å². The number of rotatable bonds is 12. The summed E-state index contributed by atoms with van der Waals surface area (Å²) >= 11 is 33.2. The van der Waals surface area contributed by atoms with Crippen molar-refractivity contribution in [3.8, 4) is 28.3 Å². The van der Waals surface area contributed by atoms with E-state index in [4.69, 9.17) is 91.5 Å². The van der Waals surface area contributed by atoms with Gasteiger partial charge in [0.25, 0.3) is 0 Å². The summed E-state index contributed by atoms with van der Waals surface area (Å²) < 4.78 is 113. The molecule has 0 N–H and O–H groups in total. The van der Waals surface area contributed by atoms with Gasteiger partial charge in [-0.15, -0.1) is 0 Å². The Kier molecular flexibility index (Phi) is 24.1. The molecule has 12 rings (SSSR count). The Hall–Kier alpha value is -3.92. The normalized spacial score (nSPS) is 20.3. The molecular formula is C68H74BBrCl5NO13S3. The molecule has 0 aromatic heterocycles. The van der Waals surface area contributed by atoms with E-state index in [2.05, 4.69) is 15.9 Å². The molecule has 0 bridgehead atoms. The van der Waals surface area contributed by atoms with Gasteiger partial charge in [-0.05, 0) is 195 Å². The minimum absolute atomic E-state index is 0.0630. The van der Waals surface area contributed by atoms with Crippen LogP contribution >= 0.6 is 73.9 Å². The second kappa shape index (κ2) is 30.7. The third kappa shape index (κ3) is 18.6. The smallest absolute Gasteiger partial charge is 0.399 e. The van der Waals surface area contributed by atoms with Gasteiger partial charge in [-0.2, -0.15) is 5.26 Å². The maximum Gasteiger partial charge on any atom is 0.494 e. The molecule has 3 saturated carbocycles. The number of hydrogen-bond donors (Lipinski definition) is 0. The fraction of sp³-hybridized carbons (Fsp3) is 0.441. The van der Waals surface area contributed by atoms with Gasteiger partial charge >= 0.3 is 7.12 Å². The van der Waals surface area contributed by atoms with Gasteiger partial charge in [-0.1, -0.05) is 107 Å². The van der Waals surface area contributed by atoms with E-state index in [1.54, 1.807) is 115 Å². The summed E-state index contributed by atoms with van der Waals surface area (Å²) in [7, 11) is -10.5. The number of ether oxygens (including phenoxy) is 4. The van der Waals surface area contributed by atoms with Crippen LogP contribution in [0.15, 0.2) is 147 Å². The van der Waals surface area contributed by atoms with Crippen LogP contribution in [0.1, 0.15) is 110 Å². The fourth-order valence-corrected chi connectivity index (χ4v) is 18.6. The zero-order valence-corrected chi connectivity index (χ0v) is 59.4. The van der Waals surface area contributed by atoms with E-state index in [1.807, 2.05) is 45.9 Å². The fourth-order valence-electron chi connectivity index (χ4n) is 12.0. The third-order valence-corrected chi connectivity index (χ3v) is 26.1. The molecule has 3 aliphatic heterocycles. The molecule has 24 heteroatoms. The number of sulfone groups is 3. The van der Waals surface area contributed by atoms with Crippen molar-refractivity contribution in [1.29, 1.82) is 5.26 Å². The summed E-state index contributed by atoms with van der Waals surface area (Å²) in [5.41, 5.74) is 3.89. The molecule has 3 aliphatic carbocycles. The van der Waals surface area contributed by atoms with Gasteiger partial charge in [0.2, 0.25) is 0 Å². The predicted molar refractivity (Wildman–Crippen MR) is 366 cm³/mol. The molecule has 0 unspecified atom stereocenters. The van der Waals surface area contributed by atoms with Crippen molar-refractivity contribution in [2.75, 3.05) is 43.7 Å². The second-order valence-corrected chi connectivity index (χ2v) is 34.2. The second-order valence-electron chi connectivity index (χ2n) is 25.1. The summed E-state index contributed by atoms with van der Waals surface area (Å²) in [6.07, 6.45) is 8.62. The number of carbonyl (C=O) groups is 1. The van der Waals surface area contributed by atoms with Gasteiger partial charge in [-0.25, -0.2) is 25.3 Å². The number of ketones is 1. The largest absolute Gasteiger partial charge is 0.494 e. The lowest BCUT2D eigenvalue weighted by molar-refractivity contribution is -0.181. The molecule has 0 amide bonds.